The molecule has 0 bridgehead atoms. The largest absolute Gasteiger partial charge is 0.360 e. The topological polar surface area (TPSA) is 76.3 Å². The molecule has 2 aromatic heterocycles. The molecule has 0 N–H and O–H groups in total. The smallest absolute Gasteiger partial charge is 0.249 e. The van der Waals surface area contributed by atoms with Crippen molar-refractivity contribution in [2.75, 3.05) is 6.54 Å². The second-order valence-electron chi connectivity index (χ2n) is 7.36. The summed E-state index contributed by atoms with van der Waals surface area (Å²) in [6.07, 6.45) is 1.43. The molecule has 0 radical (unpaired) electrons. The van der Waals surface area contributed by atoms with Crippen molar-refractivity contribution >= 4 is 10.0 Å². The van der Waals surface area contributed by atoms with E-state index in [1.165, 1.54) is 16.4 Å². The van der Waals surface area contributed by atoms with Gasteiger partial charge in [-0.15, -0.1) is 0 Å². The predicted octanol–water partition coefficient (Wildman–Crippen LogP) is 4.33. The molecule has 4 rings (SSSR count). The minimum atomic E-state index is -3.76. The SMILES string of the molecule is Cc1cc(-c2ccc(F)cc2)cc([C@@H]2CCCN2S(=O)(=O)c2c(C)noc2C)n1. The fourth-order valence-corrected chi connectivity index (χ4v) is 5.92. The van der Waals surface area contributed by atoms with Gasteiger partial charge in [0.15, 0.2) is 5.76 Å². The molecule has 0 saturated carbocycles. The summed E-state index contributed by atoms with van der Waals surface area (Å²) >= 11 is 0. The number of nitrogens with zero attached hydrogens (tertiary/aromatic N) is 3. The van der Waals surface area contributed by atoms with Crippen LogP contribution in [-0.2, 0) is 10.0 Å². The Hall–Kier alpha value is -2.58. The second-order valence-corrected chi connectivity index (χ2v) is 9.18. The number of rotatable bonds is 4. The van der Waals surface area contributed by atoms with E-state index in [1.807, 2.05) is 19.1 Å². The van der Waals surface area contributed by atoms with Crippen LogP contribution < -0.4 is 0 Å². The molecule has 0 aliphatic carbocycles. The number of sulfonamides is 1. The third kappa shape index (κ3) is 3.58. The molecule has 3 heterocycles. The Balaban J connectivity index is 1.75. The van der Waals surface area contributed by atoms with Crippen molar-refractivity contribution < 1.29 is 17.3 Å². The summed E-state index contributed by atoms with van der Waals surface area (Å²) in [5, 5.41) is 3.80. The summed E-state index contributed by atoms with van der Waals surface area (Å²) in [5.74, 6) is -0.00960. The third-order valence-electron chi connectivity index (χ3n) is 5.23. The van der Waals surface area contributed by atoms with Gasteiger partial charge in [-0.05, 0) is 69.0 Å². The van der Waals surface area contributed by atoms with Crippen LogP contribution in [-0.4, -0.2) is 29.4 Å². The predicted molar refractivity (Wildman–Crippen MR) is 106 cm³/mol. The van der Waals surface area contributed by atoms with Crippen LogP contribution in [0.3, 0.4) is 0 Å². The summed E-state index contributed by atoms with van der Waals surface area (Å²) in [7, 11) is -3.76. The van der Waals surface area contributed by atoms with Gasteiger partial charge in [0.25, 0.3) is 0 Å². The number of aryl methyl sites for hydroxylation is 3. The van der Waals surface area contributed by atoms with Crippen LogP contribution in [0.4, 0.5) is 4.39 Å². The van der Waals surface area contributed by atoms with Crippen LogP contribution >= 0.6 is 0 Å². The number of hydrogen-bond acceptors (Lipinski definition) is 5. The molecule has 1 aliphatic rings. The van der Waals surface area contributed by atoms with Crippen LogP contribution in [0.15, 0.2) is 45.8 Å². The van der Waals surface area contributed by atoms with Crippen LogP contribution in [0.2, 0.25) is 0 Å². The molecule has 1 atom stereocenters. The molecule has 0 amide bonds. The molecule has 1 fully saturated rings. The van der Waals surface area contributed by atoms with Gasteiger partial charge in [-0.2, -0.15) is 4.31 Å². The summed E-state index contributed by atoms with van der Waals surface area (Å²) in [6, 6.07) is 9.68. The first-order chi connectivity index (χ1) is 13.8. The molecular weight excluding hydrogens is 393 g/mol. The number of halogens is 1. The summed E-state index contributed by atoms with van der Waals surface area (Å²) in [6.45, 7) is 5.53. The van der Waals surface area contributed by atoms with Crippen LogP contribution in [0.1, 0.15) is 41.7 Å². The van der Waals surface area contributed by atoms with Crippen LogP contribution in [0.5, 0.6) is 0 Å². The van der Waals surface area contributed by atoms with E-state index >= 15 is 0 Å². The molecule has 152 valence electrons. The molecule has 0 unspecified atom stereocenters. The molecule has 1 saturated heterocycles. The van der Waals surface area contributed by atoms with E-state index in [-0.39, 0.29) is 22.5 Å². The third-order valence-corrected chi connectivity index (χ3v) is 7.38. The molecule has 1 aliphatic heterocycles. The van der Waals surface area contributed by atoms with Crippen molar-refractivity contribution in [2.24, 2.45) is 0 Å². The average Bonchev–Trinajstić information content (AvgIpc) is 3.29. The lowest BCUT2D eigenvalue weighted by atomic mass is 10.0. The highest BCUT2D eigenvalue weighted by Crippen LogP contribution is 2.38. The van der Waals surface area contributed by atoms with Gasteiger partial charge < -0.3 is 4.52 Å². The highest BCUT2D eigenvalue weighted by molar-refractivity contribution is 7.89. The van der Waals surface area contributed by atoms with Crippen molar-refractivity contribution in [2.45, 2.75) is 44.6 Å². The Kier molecular flexibility index (Phi) is 5.00. The van der Waals surface area contributed by atoms with Crippen molar-refractivity contribution in [1.82, 2.24) is 14.4 Å². The molecular formula is C21H22FN3O3S. The van der Waals surface area contributed by atoms with Gasteiger partial charge in [-0.25, -0.2) is 12.8 Å². The van der Waals surface area contributed by atoms with Gasteiger partial charge in [0, 0.05) is 12.2 Å². The number of hydrogen-bond donors (Lipinski definition) is 0. The van der Waals surface area contributed by atoms with E-state index in [9.17, 15) is 12.8 Å². The Bertz CT molecular complexity index is 1140. The summed E-state index contributed by atoms with van der Waals surface area (Å²) in [5.41, 5.74) is 3.57. The summed E-state index contributed by atoms with van der Waals surface area (Å²) in [4.78, 5) is 4.76. The maximum Gasteiger partial charge on any atom is 0.249 e. The van der Waals surface area contributed by atoms with E-state index in [2.05, 4.69) is 10.1 Å². The van der Waals surface area contributed by atoms with Crippen molar-refractivity contribution in [3.05, 3.63) is 65.1 Å². The Morgan fingerprint density at radius 2 is 1.83 bits per heavy atom. The van der Waals surface area contributed by atoms with Gasteiger partial charge in [-0.3, -0.25) is 4.98 Å². The van der Waals surface area contributed by atoms with E-state index in [0.717, 1.165) is 23.2 Å². The van der Waals surface area contributed by atoms with E-state index in [4.69, 9.17) is 4.52 Å². The van der Waals surface area contributed by atoms with Crippen molar-refractivity contribution in [3.8, 4) is 11.1 Å². The number of aromatic nitrogens is 2. The first-order valence-electron chi connectivity index (χ1n) is 9.46. The Labute approximate surface area is 169 Å². The highest BCUT2D eigenvalue weighted by atomic mass is 32.2. The number of pyridine rings is 1. The normalized spacial score (nSPS) is 17.7. The Morgan fingerprint density at radius 1 is 1.10 bits per heavy atom. The zero-order chi connectivity index (χ0) is 20.8. The standard InChI is InChI=1S/C21H22FN3O3S/c1-13-11-17(16-6-8-18(22)9-7-16)12-19(23-13)20-5-4-10-25(20)29(26,27)21-14(2)24-28-15(21)3/h6-9,11-12,20H,4-5,10H2,1-3H3/t20-/m0/s1. The lowest BCUT2D eigenvalue weighted by Crippen LogP contribution is -2.31. The molecule has 6 nitrogen and oxygen atoms in total. The molecule has 29 heavy (non-hydrogen) atoms. The van der Waals surface area contributed by atoms with Crippen LogP contribution in [0, 0.1) is 26.6 Å². The van der Waals surface area contributed by atoms with E-state index in [1.54, 1.807) is 26.0 Å². The molecule has 1 aromatic carbocycles. The van der Waals surface area contributed by atoms with Gasteiger partial charge in [0.2, 0.25) is 10.0 Å². The minimum absolute atomic E-state index is 0.135. The van der Waals surface area contributed by atoms with Gasteiger partial charge in [0.05, 0.1) is 11.7 Å². The molecule has 0 spiro atoms. The Morgan fingerprint density at radius 3 is 2.48 bits per heavy atom. The average molecular weight is 415 g/mol. The van der Waals surface area contributed by atoms with Crippen LogP contribution in [0.25, 0.3) is 11.1 Å². The van der Waals surface area contributed by atoms with Gasteiger partial charge in [0.1, 0.15) is 16.4 Å². The van der Waals surface area contributed by atoms with Crippen molar-refractivity contribution in [1.29, 1.82) is 0 Å². The quantitative estimate of drug-likeness (QED) is 0.634. The lowest BCUT2D eigenvalue weighted by Gasteiger charge is -2.24. The monoisotopic (exact) mass is 415 g/mol. The molecule has 8 heteroatoms. The fraction of sp³-hybridized carbons (Fsp3) is 0.333. The maximum atomic E-state index is 13.4. The number of benzene rings is 1. The summed E-state index contributed by atoms with van der Waals surface area (Å²) < 4.78 is 46.6. The van der Waals surface area contributed by atoms with Crippen molar-refractivity contribution in [3.63, 3.8) is 0 Å². The zero-order valence-electron chi connectivity index (χ0n) is 16.5. The zero-order valence-corrected chi connectivity index (χ0v) is 17.3. The minimum Gasteiger partial charge on any atom is -0.360 e. The first kappa shape index (κ1) is 19.7. The highest BCUT2D eigenvalue weighted by Gasteiger charge is 2.40. The van der Waals surface area contributed by atoms with Gasteiger partial charge >= 0.3 is 0 Å². The fourth-order valence-electron chi connectivity index (χ4n) is 3.96. The van der Waals surface area contributed by atoms with E-state index in [0.29, 0.717) is 24.4 Å². The van der Waals surface area contributed by atoms with Gasteiger partial charge in [-0.1, -0.05) is 17.3 Å². The molecule has 3 aromatic rings. The second kappa shape index (κ2) is 7.35. The van der Waals surface area contributed by atoms with E-state index < -0.39 is 10.0 Å². The lowest BCUT2D eigenvalue weighted by molar-refractivity contribution is 0.381. The first-order valence-corrected chi connectivity index (χ1v) is 10.9. The maximum absolute atomic E-state index is 13.4.